The fraction of sp³-hybridized carbons (Fsp3) is 0.316. The Morgan fingerprint density at radius 2 is 2.04 bits per heavy atom. The van der Waals surface area contributed by atoms with Crippen molar-refractivity contribution in [3.8, 4) is 11.3 Å². The lowest BCUT2D eigenvalue weighted by Gasteiger charge is -2.33. The van der Waals surface area contributed by atoms with E-state index in [1.54, 1.807) is 0 Å². The zero-order valence-corrected chi connectivity index (χ0v) is 14.2. The van der Waals surface area contributed by atoms with Crippen LogP contribution >= 0.6 is 0 Å². The van der Waals surface area contributed by atoms with Gasteiger partial charge < -0.3 is 10.6 Å². The topological polar surface area (TPSA) is 76.5 Å². The number of nitrogens with two attached hydrogens (primary N) is 1. The maximum atomic E-state index is 11.6. The predicted molar refractivity (Wildman–Crippen MR) is 97.3 cm³/mol. The van der Waals surface area contributed by atoms with E-state index in [1.807, 2.05) is 47.8 Å². The Morgan fingerprint density at radius 3 is 2.80 bits per heavy atom. The first kappa shape index (κ1) is 15.6. The van der Waals surface area contributed by atoms with Gasteiger partial charge in [0.15, 0.2) is 5.65 Å². The lowest BCUT2D eigenvalue weighted by atomic mass is 9.97. The molecule has 3 aromatic rings. The molecule has 4 rings (SSSR count). The molecule has 25 heavy (non-hydrogen) atoms. The minimum Gasteiger partial charge on any atom is -0.369 e. The van der Waals surface area contributed by atoms with Gasteiger partial charge in [-0.15, -0.1) is 0 Å². The van der Waals surface area contributed by atoms with Crippen molar-refractivity contribution in [3.05, 3.63) is 48.2 Å². The quantitative estimate of drug-likeness (QED) is 0.797. The minimum absolute atomic E-state index is 0.117. The fourth-order valence-corrected chi connectivity index (χ4v) is 3.47. The van der Waals surface area contributed by atoms with Gasteiger partial charge >= 0.3 is 0 Å². The van der Waals surface area contributed by atoms with Crippen LogP contribution in [0.5, 0.6) is 0 Å². The summed E-state index contributed by atoms with van der Waals surface area (Å²) in [5, 5.41) is 4.59. The molecule has 0 bridgehead atoms. The molecule has 6 heteroatoms. The standard InChI is InChI=1S/C19H21N5O/c1-13-10-17-21-16(14-6-3-2-4-7-14)11-18(24(17)22-13)23-9-5-8-15(12-23)19(20)25/h2-4,6-7,10-11,15H,5,8-9,12H2,1H3,(H2,20,25)/t15-/m1/s1. The average Bonchev–Trinajstić information content (AvgIpc) is 3.01. The number of amides is 1. The van der Waals surface area contributed by atoms with Gasteiger partial charge in [0.25, 0.3) is 0 Å². The first-order valence-corrected chi connectivity index (χ1v) is 8.59. The van der Waals surface area contributed by atoms with Crippen LogP contribution < -0.4 is 10.6 Å². The van der Waals surface area contributed by atoms with E-state index in [0.717, 1.165) is 47.8 Å². The molecular weight excluding hydrogens is 314 g/mol. The molecule has 1 amide bonds. The van der Waals surface area contributed by atoms with E-state index < -0.39 is 0 Å². The number of benzene rings is 1. The van der Waals surface area contributed by atoms with Gasteiger partial charge in [-0.2, -0.15) is 9.61 Å². The number of piperidine rings is 1. The number of rotatable bonds is 3. The molecule has 2 aromatic heterocycles. The van der Waals surface area contributed by atoms with E-state index in [9.17, 15) is 4.79 Å². The van der Waals surface area contributed by atoms with Gasteiger partial charge in [-0.1, -0.05) is 30.3 Å². The Kier molecular flexibility index (Phi) is 3.87. The highest BCUT2D eigenvalue weighted by Crippen LogP contribution is 2.28. The van der Waals surface area contributed by atoms with Crippen molar-refractivity contribution in [2.45, 2.75) is 19.8 Å². The molecule has 2 N–H and O–H groups in total. The van der Waals surface area contributed by atoms with Crippen molar-refractivity contribution < 1.29 is 4.79 Å². The van der Waals surface area contributed by atoms with Crippen molar-refractivity contribution in [2.75, 3.05) is 18.0 Å². The number of nitrogens with zero attached hydrogens (tertiary/aromatic N) is 4. The van der Waals surface area contributed by atoms with E-state index in [0.29, 0.717) is 6.54 Å². The number of fused-ring (bicyclic) bond motifs is 1. The molecule has 1 aromatic carbocycles. The SMILES string of the molecule is Cc1cc2nc(-c3ccccc3)cc(N3CCC[C@@H](C(N)=O)C3)n2n1. The van der Waals surface area contributed by atoms with Crippen LogP contribution in [0.2, 0.25) is 0 Å². The van der Waals surface area contributed by atoms with Crippen molar-refractivity contribution in [1.29, 1.82) is 0 Å². The van der Waals surface area contributed by atoms with Crippen molar-refractivity contribution >= 4 is 17.4 Å². The Labute approximate surface area is 146 Å². The molecule has 1 aliphatic heterocycles. The molecule has 0 saturated carbocycles. The Bertz CT molecular complexity index is 918. The maximum Gasteiger partial charge on any atom is 0.222 e. The maximum absolute atomic E-state index is 11.6. The smallest absolute Gasteiger partial charge is 0.222 e. The third kappa shape index (κ3) is 2.95. The van der Waals surface area contributed by atoms with Gasteiger partial charge in [0.1, 0.15) is 5.82 Å². The molecule has 0 radical (unpaired) electrons. The van der Waals surface area contributed by atoms with E-state index in [-0.39, 0.29) is 11.8 Å². The van der Waals surface area contributed by atoms with E-state index >= 15 is 0 Å². The third-order valence-electron chi connectivity index (χ3n) is 4.75. The van der Waals surface area contributed by atoms with Crippen LogP contribution in [0.15, 0.2) is 42.5 Å². The number of hydrogen-bond donors (Lipinski definition) is 1. The van der Waals surface area contributed by atoms with Gasteiger partial charge in [-0.25, -0.2) is 4.98 Å². The summed E-state index contributed by atoms with van der Waals surface area (Å²) in [4.78, 5) is 18.6. The number of primary amides is 1. The summed E-state index contributed by atoms with van der Waals surface area (Å²) in [6.45, 7) is 3.47. The second-order valence-corrected chi connectivity index (χ2v) is 6.61. The number of aromatic nitrogens is 3. The first-order valence-electron chi connectivity index (χ1n) is 8.59. The molecule has 0 spiro atoms. The summed E-state index contributed by atoms with van der Waals surface area (Å²) in [5.74, 6) is 0.617. The molecule has 0 unspecified atom stereocenters. The molecule has 1 atom stereocenters. The molecule has 0 aliphatic carbocycles. The zero-order valence-electron chi connectivity index (χ0n) is 14.2. The highest BCUT2D eigenvalue weighted by molar-refractivity contribution is 5.78. The second kappa shape index (κ2) is 6.20. The summed E-state index contributed by atoms with van der Waals surface area (Å²) in [6, 6.07) is 14.1. The highest BCUT2D eigenvalue weighted by atomic mass is 16.1. The van der Waals surface area contributed by atoms with Gasteiger partial charge in [-0.05, 0) is 19.8 Å². The molecule has 1 aliphatic rings. The number of aryl methyl sites for hydroxylation is 1. The summed E-state index contributed by atoms with van der Waals surface area (Å²) < 4.78 is 1.87. The predicted octanol–water partition coefficient (Wildman–Crippen LogP) is 2.41. The number of carbonyl (C=O) groups is 1. The van der Waals surface area contributed by atoms with Gasteiger partial charge in [-0.3, -0.25) is 4.79 Å². The lowest BCUT2D eigenvalue weighted by Crippen LogP contribution is -2.42. The van der Waals surface area contributed by atoms with E-state index in [2.05, 4.69) is 16.1 Å². The second-order valence-electron chi connectivity index (χ2n) is 6.61. The fourth-order valence-electron chi connectivity index (χ4n) is 3.47. The van der Waals surface area contributed by atoms with Crippen LogP contribution in [-0.4, -0.2) is 33.6 Å². The van der Waals surface area contributed by atoms with Crippen molar-refractivity contribution in [1.82, 2.24) is 14.6 Å². The minimum atomic E-state index is -0.227. The summed E-state index contributed by atoms with van der Waals surface area (Å²) >= 11 is 0. The van der Waals surface area contributed by atoms with Gasteiger partial charge in [0, 0.05) is 30.8 Å². The van der Waals surface area contributed by atoms with Gasteiger partial charge in [0.2, 0.25) is 5.91 Å². The van der Waals surface area contributed by atoms with Crippen LogP contribution in [0.3, 0.4) is 0 Å². The van der Waals surface area contributed by atoms with Gasteiger partial charge in [0.05, 0.1) is 17.3 Å². The summed E-state index contributed by atoms with van der Waals surface area (Å²) in [6.07, 6.45) is 1.79. The lowest BCUT2D eigenvalue weighted by molar-refractivity contribution is -0.122. The normalized spacial score (nSPS) is 17.8. The third-order valence-corrected chi connectivity index (χ3v) is 4.75. The monoisotopic (exact) mass is 335 g/mol. The molecule has 6 nitrogen and oxygen atoms in total. The van der Waals surface area contributed by atoms with Crippen LogP contribution in [0.25, 0.3) is 16.9 Å². The number of anilines is 1. The number of carbonyl (C=O) groups excluding carboxylic acids is 1. The molecule has 3 heterocycles. The highest BCUT2D eigenvalue weighted by Gasteiger charge is 2.26. The van der Waals surface area contributed by atoms with Crippen LogP contribution in [0.1, 0.15) is 18.5 Å². The zero-order chi connectivity index (χ0) is 17.4. The summed E-state index contributed by atoms with van der Waals surface area (Å²) in [5.41, 5.74) is 9.25. The largest absolute Gasteiger partial charge is 0.369 e. The summed E-state index contributed by atoms with van der Waals surface area (Å²) in [7, 11) is 0. The number of hydrogen-bond acceptors (Lipinski definition) is 4. The molecule has 128 valence electrons. The first-order chi connectivity index (χ1) is 12.1. The van der Waals surface area contributed by atoms with Crippen molar-refractivity contribution in [3.63, 3.8) is 0 Å². The Balaban J connectivity index is 1.82. The van der Waals surface area contributed by atoms with E-state index in [4.69, 9.17) is 10.7 Å². The van der Waals surface area contributed by atoms with Crippen LogP contribution in [0.4, 0.5) is 5.82 Å². The van der Waals surface area contributed by atoms with E-state index in [1.165, 1.54) is 0 Å². The average molecular weight is 335 g/mol. The van der Waals surface area contributed by atoms with Crippen LogP contribution in [0, 0.1) is 12.8 Å². The molecule has 1 saturated heterocycles. The Morgan fingerprint density at radius 1 is 1.24 bits per heavy atom. The van der Waals surface area contributed by atoms with Crippen LogP contribution in [-0.2, 0) is 4.79 Å². The molecule has 1 fully saturated rings. The van der Waals surface area contributed by atoms with Crippen molar-refractivity contribution in [2.24, 2.45) is 11.7 Å². The Hall–Kier alpha value is -2.89. The molecular formula is C19H21N5O.